The Hall–Kier alpha value is -1.14. The summed E-state index contributed by atoms with van der Waals surface area (Å²) in [7, 11) is 1.50. The van der Waals surface area contributed by atoms with Crippen LogP contribution in [-0.4, -0.2) is 48.9 Å². The number of hydrogen-bond donors (Lipinski definition) is 2. The van der Waals surface area contributed by atoms with Crippen LogP contribution in [0.3, 0.4) is 0 Å². The molecule has 0 aliphatic heterocycles. The Morgan fingerprint density at radius 2 is 2.06 bits per heavy atom. The van der Waals surface area contributed by atoms with Crippen molar-refractivity contribution in [1.82, 2.24) is 5.32 Å². The van der Waals surface area contributed by atoms with Crippen LogP contribution in [0.4, 0.5) is 0 Å². The van der Waals surface area contributed by atoms with Crippen molar-refractivity contribution >= 4 is 11.9 Å². The van der Waals surface area contributed by atoms with Gasteiger partial charge in [0.1, 0.15) is 11.6 Å². The van der Waals surface area contributed by atoms with E-state index in [0.29, 0.717) is 6.61 Å². The maximum absolute atomic E-state index is 11.4. The zero-order valence-electron chi connectivity index (χ0n) is 10.8. The quantitative estimate of drug-likeness (QED) is 0.604. The Kier molecular flexibility index (Phi) is 6.75. The number of methoxy groups -OCH3 is 1. The number of carboxylic acids is 1. The Balaban J connectivity index is 4.53. The summed E-state index contributed by atoms with van der Waals surface area (Å²) in [6, 6.07) is -0.673. The third kappa shape index (κ3) is 5.14. The molecule has 17 heavy (non-hydrogen) atoms. The van der Waals surface area contributed by atoms with Gasteiger partial charge in [-0.3, -0.25) is 14.9 Å². The molecule has 6 nitrogen and oxygen atoms in total. The molecule has 0 radical (unpaired) electrons. The Morgan fingerprint density at radius 1 is 1.47 bits per heavy atom. The lowest BCUT2D eigenvalue weighted by Crippen LogP contribution is -2.56. The number of carboxylic acid groups (broad SMARTS) is 1. The van der Waals surface area contributed by atoms with Gasteiger partial charge in [-0.2, -0.15) is 0 Å². The van der Waals surface area contributed by atoms with E-state index in [0.717, 1.165) is 0 Å². The minimum Gasteiger partial charge on any atom is -0.480 e. The smallest absolute Gasteiger partial charge is 0.323 e. The fourth-order valence-electron chi connectivity index (χ4n) is 1.35. The number of hydrogen-bond acceptors (Lipinski definition) is 5. The Labute approximate surface area is 101 Å². The molecule has 0 aromatic carbocycles. The highest BCUT2D eigenvalue weighted by Crippen LogP contribution is 2.12. The van der Waals surface area contributed by atoms with Gasteiger partial charge in [-0.1, -0.05) is 0 Å². The molecule has 0 fully saturated rings. The van der Waals surface area contributed by atoms with Crippen LogP contribution in [-0.2, 0) is 19.1 Å². The third-order valence-corrected chi connectivity index (χ3v) is 2.45. The first-order valence-electron chi connectivity index (χ1n) is 5.54. The van der Waals surface area contributed by atoms with Crippen molar-refractivity contribution in [3.63, 3.8) is 0 Å². The lowest BCUT2D eigenvalue weighted by Gasteiger charge is -2.28. The predicted octanol–water partition coefficient (Wildman–Crippen LogP) is 0.407. The fourth-order valence-corrected chi connectivity index (χ4v) is 1.35. The van der Waals surface area contributed by atoms with Crippen LogP contribution >= 0.6 is 0 Å². The van der Waals surface area contributed by atoms with Crippen molar-refractivity contribution in [2.75, 3.05) is 20.3 Å². The van der Waals surface area contributed by atoms with Crippen LogP contribution in [0.1, 0.15) is 27.2 Å². The highest BCUT2D eigenvalue weighted by molar-refractivity contribution is 5.81. The molecule has 0 bridgehead atoms. The van der Waals surface area contributed by atoms with Crippen molar-refractivity contribution < 1.29 is 24.2 Å². The van der Waals surface area contributed by atoms with Crippen LogP contribution in [0.25, 0.3) is 0 Å². The van der Waals surface area contributed by atoms with Crippen molar-refractivity contribution in [2.45, 2.75) is 38.8 Å². The molecule has 0 aliphatic carbocycles. The van der Waals surface area contributed by atoms with Gasteiger partial charge < -0.3 is 14.6 Å². The van der Waals surface area contributed by atoms with Gasteiger partial charge in [0.15, 0.2) is 0 Å². The van der Waals surface area contributed by atoms with E-state index < -0.39 is 23.5 Å². The minimum absolute atomic E-state index is 0.266. The zero-order chi connectivity index (χ0) is 13.5. The average Bonchev–Trinajstić information content (AvgIpc) is 2.26. The van der Waals surface area contributed by atoms with E-state index in [1.54, 1.807) is 13.8 Å². The summed E-state index contributed by atoms with van der Waals surface area (Å²) < 4.78 is 9.67. The van der Waals surface area contributed by atoms with E-state index in [1.807, 2.05) is 0 Å². The molecule has 2 atom stereocenters. The predicted molar refractivity (Wildman–Crippen MR) is 61.8 cm³/mol. The topological polar surface area (TPSA) is 84.9 Å². The summed E-state index contributed by atoms with van der Waals surface area (Å²) >= 11 is 0. The first-order valence-corrected chi connectivity index (χ1v) is 5.54. The molecule has 0 saturated carbocycles. The van der Waals surface area contributed by atoms with Gasteiger partial charge in [-0.25, -0.2) is 0 Å². The summed E-state index contributed by atoms with van der Waals surface area (Å²) in [4.78, 5) is 22.6. The SMILES string of the molecule is CCOC(=O)C(C)NC(C)(CCOC)C(=O)O. The summed E-state index contributed by atoms with van der Waals surface area (Å²) in [6.07, 6.45) is 0.266. The number of esters is 1. The van der Waals surface area contributed by atoms with Crippen LogP contribution in [0.2, 0.25) is 0 Å². The van der Waals surface area contributed by atoms with Crippen LogP contribution < -0.4 is 5.32 Å². The van der Waals surface area contributed by atoms with E-state index in [-0.39, 0.29) is 13.0 Å². The summed E-state index contributed by atoms with van der Waals surface area (Å²) in [6.45, 7) is 5.36. The van der Waals surface area contributed by atoms with Gasteiger partial charge in [0.2, 0.25) is 0 Å². The minimum atomic E-state index is -1.21. The molecular weight excluding hydrogens is 226 g/mol. The second kappa shape index (κ2) is 7.24. The van der Waals surface area contributed by atoms with Crippen molar-refractivity contribution in [3.8, 4) is 0 Å². The fraction of sp³-hybridized carbons (Fsp3) is 0.818. The second-order valence-corrected chi connectivity index (χ2v) is 4.00. The molecule has 6 heteroatoms. The first-order chi connectivity index (χ1) is 7.87. The second-order valence-electron chi connectivity index (χ2n) is 4.00. The zero-order valence-corrected chi connectivity index (χ0v) is 10.8. The van der Waals surface area contributed by atoms with Gasteiger partial charge in [0, 0.05) is 13.7 Å². The number of carbonyl (C=O) groups excluding carboxylic acids is 1. The standard InChI is InChI=1S/C11H21NO5/c1-5-17-9(13)8(2)12-11(3,10(14)15)6-7-16-4/h8,12H,5-7H2,1-4H3,(H,14,15). The van der Waals surface area contributed by atoms with Crippen LogP contribution in [0.15, 0.2) is 0 Å². The summed E-state index contributed by atoms with van der Waals surface area (Å²) in [5, 5.41) is 11.9. The first kappa shape index (κ1) is 15.9. The third-order valence-electron chi connectivity index (χ3n) is 2.45. The van der Waals surface area contributed by atoms with Gasteiger partial charge >= 0.3 is 11.9 Å². The maximum Gasteiger partial charge on any atom is 0.323 e. The Bertz CT molecular complexity index is 267. The lowest BCUT2D eigenvalue weighted by molar-refractivity contribution is -0.149. The molecule has 0 amide bonds. The highest BCUT2D eigenvalue weighted by atomic mass is 16.5. The molecule has 100 valence electrons. The average molecular weight is 247 g/mol. The normalized spacial score (nSPS) is 16.0. The molecular formula is C11H21NO5. The van der Waals surface area contributed by atoms with E-state index in [9.17, 15) is 9.59 Å². The molecule has 0 aromatic rings. The summed E-state index contributed by atoms with van der Waals surface area (Å²) in [5.74, 6) is -1.48. The lowest BCUT2D eigenvalue weighted by atomic mass is 9.97. The van der Waals surface area contributed by atoms with E-state index in [2.05, 4.69) is 5.32 Å². The molecule has 0 aliphatic rings. The number of rotatable bonds is 8. The summed E-state index contributed by atoms with van der Waals surface area (Å²) in [5.41, 5.74) is -1.21. The molecule has 0 heterocycles. The molecule has 0 aromatic heterocycles. The number of nitrogens with one attached hydrogen (secondary N) is 1. The van der Waals surface area contributed by atoms with E-state index in [4.69, 9.17) is 14.6 Å². The molecule has 2 N–H and O–H groups in total. The van der Waals surface area contributed by atoms with Gasteiger partial charge in [0.25, 0.3) is 0 Å². The van der Waals surface area contributed by atoms with Crippen molar-refractivity contribution in [2.24, 2.45) is 0 Å². The maximum atomic E-state index is 11.4. The molecule has 0 saturated heterocycles. The van der Waals surface area contributed by atoms with Crippen LogP contribution in [0.5, 0.6) is 0 Å². The molecule has 0 rings (SSSR count). The highest BCUT2D eigenvalue weighted by Gasteiger charge is 2.35. The Morgan fingerprint density at radius 3 is 2.47 bits per heavy atom. The number of carbonyl (C=O) groups is 2. The van der Waals surface area contributed by atoms with E-state index >= 15 is 0 Å². The van der Waals surface area contributed by atoms with Crippen LogP contribution in [0, 0.1) is 0 Å². The van der Waals surface area contributed by atoms with Gasteiger partial charge in [0.05, 0.1) is 6.61 Å². The van der Waals surface area contributed by atoms with E-state index in [1.165, 1.54) is 14.0 Å². The monoisotopic (exact) mass is 247 g/mol. The number of ether oxygens (including phenoxy) is 2. The number of aliphatic carboxylic acids is 1. The molecule has 2 unspecified atom stereocenters. The van der Waals surface area contributed by atoms with Crippen molar-refractivity contribution in [1.29, 1.82) is 0 Å². The molecule has 0 spiro atoms. The van der Waals surface area contributed by atoms with Gasteiger partial charge in [-0.15, -0.1) is 0 Å². The largest absolute Gasteiger partial charge is 0.480 e. The van der Waals surface area contributed by atoms with Crippen molar-refractivity contribution in [3.05, 3.63) is 0 Å². The van der Waals surface area contributed by atoms with Gasteiger partial charge in [-0.05, 0) is 27.2 Å².